The average Bonchev–Trinajstić information content (AvgIpc) is 2.79. The van der Waals surface area contributed by atoms with Crippen molar-refractivity contribution >= 4 is 17.5 Å². The molecule has 1 aliphatic rings. The van der Waals surface area contributed by atoms with Crippen molar-refractivity contribution in [2.45, 2.75) is 25.3 Å². The number of rotatable bonds is 3. The summed E-state index contributed by atoms with van der Waals surface area (Å²) in [6, 6.07) is 3.88. The second kappa shape index (κ2) is 5.67. The van der Waals surface area contributed by atoms with Crippen LogP contribution in [0.3, 0.4) is 0 Å². The van der Waals surface area contributed by atoms with Crippen LogP contribution in [0.5, 0.6) is 0 Å². The molecule has 98 valence electrons. The highest BCUT2D eigenvalue weighted by molar-refractivity contribution is 6.31. The molecule has 0 bridgehead atoms. The fraction of sp³-hybridized carbons (Fsp3) is 0.462. The van der Waals surface area contributed by atoms with Gasteiger partial charge in [0.05, 0.1) is 5.02 Å². The first kappa shape index (κ1) is 13.3. The van der Waals surface area contributed by atoms with Gasteiger partial charge in [0.1, 0.15) is 5.82 Å². The molecule has 0 radical (unpaired) electrons. The standard InChI is InChI=1S/C13H15ClFNO2/c14-10-6-8(4-5-11(10)15)13(18)16-12-3-1-2-9(12)7-17/h4-6,9,12,17H,1-3,7H2,(H,16,18). The van der Waals surface area contributed by atoms with Gasteiger partial charge >= 0.3 is 0 Å². The van der Waals surface area contributed by atoms with Crippen LogP contribution >= 0.6 is 11.6 Å². The lowest BCUT2D eigenvalue weighted by Crippen LogP contribution is -2.38. The first-order valence-electron chi connectivity index (χ1n) is 5.98. The van der Waals surface area contributed by atoms with E-state index in [0.717, 1.165) is 19.3 Å². The molecule has 5 heteroatoms. The van der Waals surface area contributed by atoms with Crippen LogP contribution in [-0.2, 0) is 0 Å². The highest BCUT2D eigenvalue weighted by Gasteiger charge is 2.28. The van der Waals surface area contributed by atoms with Crippen molar-refractivity contribution in [2.24, 2.45) is 5.92 Å². The third-order valence-corrected chi connectivity index (χ3v) is 3.68. The van der Waals surface area contributed by atoms with Gasteiger partial charge in [0.25, 0.3) is 5.91 Å². The fourth-order valence-electron chi connectivity index (χ4n) is 2.33. The molecule has 1 aromatic carbocycles. The van der Waals surface area contributed by atoms with Gasteiger partial charge in [-0.3, -0.25) is 4.79 Å². The predicted octanol–water partition coefficient (Wildman–Crippen LogP) is 2.37. The molecule has 0 aliphatic heterocycles. The Morgan fingerprint density at radius 1 is 1.50 bits per heavy atom. The van der Waals surface area contributed by atoms with Gasteiger partial charge in [0.2, 0.25) is 0 Å². The average molecular weight is 272 g/mol. The van der Waals surface area contributed by atoms with Crippen molar-refractivity contribution in [3.8, 4) is 0 Å². The van der Waals surface area contributed by atoms with Gasteiger partial charge < -0.3 is 10.4 Å². The van der Waals surface area contributed by atoms with Crippen molar-refractivity contribution in [1.29, 1.82) is 0 Å². The van der Waals surface area contributed by atoms with E-state index in [1.807, 2.05) is 0 Å². The quantitative estimate of drug-likeness (QED) is 0.887. The fourth-order valence-corrected chi connectivity index (χ4v) is 2.52. The predicted molar refractivity (Wildman–Crippen MR) is 67.1 cm³/mol. The van der Waals surface area contributed by atoms with E-state index in [2.05, 4.69) is 5.32 Å². The van der Waals surface area contributed by atoms with Gasteiger partial charge in [-0.05, 0) is 31.0 Å². The summed E-state index contributed by atoms with van der Waals surface area (Å²) in [6.45, 7) is 0.0785. The van der Waals surface area contributed by atoms with E-state index in [1.165, 1.54) is 18.2 Å². The monoisotopic (exact) mass is 271 g/mol. The second-order valence-electron chi connectivity index (χ2n) is 4.58. The number of nitrogens with one attached hydrogen (secondary N) is 1. The number of benzene rings is 1. The lowest BCUT2D eigenvalue weighted by molar-refractivity contribution is 0.0916. The molecule has 1 aliphatic carbocycles. The summed E-state index contributed by atoms with van der Waals surface area (Å²) in [5.41, 5.74) is 0.338. The summed E-state index contributed by atoms with van der Waals surface area (Å²) in [5.74, 6) is -0.700. The van der Waals surface area contributed by atoms with Gasteiger partial charge in [0, 0.05) is 24.1 Å². The molecule has 1 amide bonds. The van der Waals surface area contributed by atoms with Gasteiger partial charge in [-0.15, -0.1) is 0 Å². The van der Waals surface area contributed by atoms with Crippen molar-refractivity contribution < 1.29 is 14.3 Å². The highest BCUT2D eigenvalue weighted by atomic mass is 35.5. The van der Waals surface area contributed by atoms with Crippen LogP contribution < -0.4 is 5.32 Å². The molecule has 2 atom stereocenters. The van der Waals surface area contributed by atoms with E-state index in [1.54, 1.807) is 0 Å². The molecule has 0 aromatic heterocycles. The first-order chi connectivity index (χ1) is 8.61. The number of aliphatic hydroxyl groups is 1. The Morgan fingerprint density at radius 2 is 2.28 bits per heavy atom. The molecule has 2 unspecified atom stereocenters. The van der Waals surface area contributed by atoms with E-state index >= 15 is 0 Å². The number of hydrogen-bond donors (Lipinski definition) is 2. The molecule has 0 saturated heterocycles. The van der Waals surface area contributed by atoms with Crippen molar-refractivity contribution in [3.05, 3.63) is 34.6 Å². The van der Waals surface area contributed by atoms with Crippen LogP contribution in [0.25, 0.3) is 0 Å². The van der Waals surface area contributed by atoms with Gasteiger partial charge in [0.15, 0.2) is 0 Å². The number of halogens is 2. The Morgan fingerprint density at radius 3 is 2.94 bits per heavy atom. The normalized spacial score (nSPS) is 23.1. The summed E-state index contributed by atoms with van der Waals surface area (Å²) >= 11 is 5.64. The Hall–Kier alpha value is -1.13. The van der Waals surface area contributed by atoms with Crippen LogP contribution in [0.4, 0.5) is 4.39 Å². The Labute approximate surface area is 110 Å². The molecule has 0 spiro atoms. The summed E-state index contributed by atoms with van der Waals surface area (Å²) in [6.07, 6.45) is 2.79. The minimum atomic E-state index is -0.540. The number of aliphatic hydroxyl groups excluding tert-OH is 1. The zero-order chi connectivity index (χ0) is 13.1. The molecule has 3 nitrogen and oxygen atoms in total. The third-order valence-electron chi connectivity index (χ3n) is 3.39. The minimum Gasteiger partial charge on any atom is -0.396 e. The van der Waals surface area contributed by atoms with Crippen LogP contribution in [0.1, 0.15) is 29.6 Å². The molecule has 18 heavy (non-hydrogen) atoms. The van der Waals surface area contributed by atoms with Crippen molar-refractivity contribution in [1.82, 2.24) is 5.32 Å². The summed E-state index contributed by atoms with van der Waals surface area (Å²) in [4.78, 5) is 12.0. The maximum absolute atomic E-state index is 13.0. The van der Waals surface area contributed by atoms with Crippen molar-refractivity contribution in [2.75, 3.05) is 6.61 Å². The Bertz CT molecular complexity index is 453. The Balaban J connectivity index is 2.05. The molecule has 1 fully saturated rings. The zero-order valence-electron chi connectivity index (χ0n) is 9.83. The van der Waals surface area contributed by atoms with Gasteiger partial charge in [-0.2, -0.15) is 0 Å². The highest BCUT2D eigenvalue weighted by Crippen LogP contribution is 2.25. The lowest BCUT2D eigenvalue weighted by atomic mass is 10.0. The summed E-state index contributed by atoms with van der Waals surface area (Å²) in [7, 11) is 0. The van der Waals surface area contributed by atoms with E-state index in [-0.39, 0.29) is 29.5 Å². The van der Waals surface area contributed by atoms with Gasteiger partial charge in [-0.25, -0.2) is 4.39 Å². The number of carbonyl (C=O) groups excluding carboxylic acids is 1. The zero-order valence-corrected chi connectivity index (χ0v) is 10.6. The maximum Gasteiger partial charge on any atom is 0.251 e. The molecular formula is C13H15ClFNO2. The van der Waals surface area contributed by atoms with Crippen LogP contribution in [-0.4, -0.2) is 23.7 Å². The van der Waals surface area contributed by atoms with Gasteiger partial charge in [-0.1, -0.05) is 18.0 Å². The van der Waals surface area contributed by atoms with Crippen molar-refractivity contribution in [3.63, 3.8) is 0 Å². The minimum absolute atomic E-state index is 0.00803. The number of amides is 1. The summed E-state index contributed by atoms with van der Waals surface area (Å²) < 4.78 is 13.0. The largest absolute Gasteiger partial charge is 0.396 e. The molecule has 0 heterocycles. The SMILES string of the molecule is O=C(NC1CCCC1CO)c1ccc(F)c(Cl)c1. The number of hydrogen-bond acceptors (Lipinski definition) is 2. The van der Waals surface area contributed by atoms with Crippen LogP contribution in [0.2, 0.25) is 5.02 Å². The number of carbonyl (C=O) groups is 1. The third kappa shape index (κ3) is 2.82. The van der Waals surface area contributed by atoms with Crippen LogP contribution in [0, 0.1) is 11.7 Å². The smallest absolute Gasteiger partial charge is 0.251 e. The Kier molecular flexibility index (Phi) is 4.19. The first-order valence-corrected chi connectivity index (χ1v) is 6.36. The summed E-state index contributed by atoms with van der Waals surface area (Å²) in [5, 5.41) is 12.0. The topological polar surface area (TPSA) is 49.3 Å². The van der Waals surface area contributed by atoms with Crippen LogP contribution in [0.15, 0.2) is 18.2 Å². The molecule has 2 rings (SSSR count). The van der Waals surface area contributed by atoms with E-state index in [0.29, 0.717) is 5.56 Å². The maximum atomic E-state index is 13.0. The van der Waals surface area contributed by atoms with E-state index in [4.69, 9.17) is 11.6 Å². The van der Waals surface area contributed by atoms with E-state index in [9.17, 15) is 14.3 Å². The molecule has 1 saturated carbocycles. The lowest BCUT2D eigenvalue weighted by Gasteiger charge is -2.19. The molecular weight excluding hydrogens is 257 g/mol. The molecule has 1 aromatic rings. The second-order valence-corrected chi connectivity index (χ2v) is 4.99. The molecule has 2 N–H and O–H groups in total. The van der Waals surface area contributed by atoms with E-state index < -0.39 is 5.82 Å².